The van der Waals surface area contributed by atoms with E-state index in [1.54, 1.807) is 0 Å². The van der Waals surface area contributed by atoms with Crippen LogP contribution in [-0.2, 0) is 23.7 Å². The van der Waals surface area contributed by atoms with Crippen molar-refractivity contribution >= 4 is 5.78 Å². The average molecular weight is 403 g/mol. The number of hydrogen-bond donors (Lipinski definition) is 0. The second-order valence-electron chi connectivity index (χ2n) is 7.43. The van der Waals surface area contributed by atoms with Crippen molar-refractivity contribution < 1.29 is 23.7 Å². The molecule has 0 bridgehead atoms. The highest BCUT2D eigenvalue weighted by molar-refractivity contribution is 5.82. The zero-order chi connectivity index (χ0) is 20.9. The fraction of sp³-hybridized carbons (Fsp3) is 0.957. The first-order valence-electron chi connectivity index (χ1n) is 11.5. The minimum atomic E-state index is 0.149. The van der Waals surface area contributed by atoms with Gasteiger partial charge in [-0.1, -0.05) is 53.4 Å². The summed E-state index contributed by atoms with van der Waals surface area (Å²) in [6.45, 7) is 13.1. The van der Waals surface area contributed by atoms with Crippen LogP contribution in [0.5, 0.6) is 0 Å². The van der Waals surface area contributed by atoms with E-state index in [1.807, 2.05) is 0 Å². The molecule has 0 fully saturated rings. The number of unbranched alkanes of at least 4 members (excludes halogenated alkanes) is 1. The number of rotatable bonds is 22. The summed E-state index contributed by atoms with van der Waals surface area (Å²) in [7, 11) is 0. The molecular weight excluding hydrogens is 356 g/mol. The van der Waals surface area contributed by atoms with E-state index in [4.69, 9.17) is 18.9 Å². The number of carbonyl (C=O) groups excluding carboxylic acids is 1. The molecular formula is C23H46O5. The first kappa shape index (κ1) is 27.5. The van der Waals surface area contributed by atoms with Crippen molar-refractivity contribution in [1.29, 1.82) is 0 Å². The van der Waals surface area contributed by atoms with E-state index in [0.29, 0.717) is 39.6 Å². The minimum Gasteiger partial charge on any atom is -0.379 e. The highest BCUT2D eigenvalue weighted by Crippen LogP contribution is 2.14. The monoisotopic (exact) mass is 402 g/mol. The first-order chi connectivity index (χ1) is 13.7. The lowest BCUT2D eigenvalue weighted by Gasteiger charge is -2.13. The number of ketones is 1. The van der Waals surface area contributed by atoms with E-state index in [9.17, 15) is 4.79 Å². The highest BCUT2D eigenvalue weighted by Gasteiger charge is 2.15. The van der Waals surface area contributed by atoms with E-state index >= 15 is 0 Å². The SMILES string of the molecule is CCCCC(CC)C(=O)COCCOCCOCCOCCCC(CC)CC. The molecule has 0 spiro atoms. The Labute approximate surface area is 173 Å². The fourth-order valence-electron chi connectivity index (χ4n) is 3.16. The first-order valence-corrected chi connectivity index (χ1v) is 11.5. The Morgan fingerprint density at radius 2 is 1.18 bits per heavy atom. The van der Waals surface area contributed by atoms with Gasteiger partial charge >= 0.3 is 0 Å². The van der Waals surface area contributed by atoms with Crippen LogP contribution in [0.3, 0.4) is 0 Å². The van der Waals surface area contributed by atoms with E-state index in [0.717, 1.165) is 44.6 Å². The van der Waals surface area contributed by atoms with Crippen LogP contribution in [0.15, 0.2) is 0 Å². The molecule has 5 heteroatoms. The standard InChI is InChI=1S/C23H46O5/c1-5-9-12-22(8-4)23(24)20-28-19-18-27-17-16-26-15-14-25-13-10-11-21(6-2)7-3/h21-22H,5-20H2,1-4H3. The lowest BCUT2D eigenvalue weighted by atomic mass is 9.95. The summed E-state index contributed by atoms with van der Waals surface area (Å²) in [5.41, 5.74) is 0. The van der Waals surface area contributed by atoms with Gasteiger partial charge in [0.1, 0.15) is 6.61 Å². The van der Waals surface area contributed by atoms with Gasteiger partial charge in [-0.3, -0.25) is 4.79 Å². The average Bonchev–Trinajstić information content (AvgIpc) is 2.71. The highest BCUT2D eigenvalue weighted by atomic mass is 16.6. The molecule has 0 aromatic heterocycles. The Morgan fingerprint density at radius 3 is 1.68 bits per heavy atom. The molecule has 0 aliphatic carbocycles. The summed E-state index contributed by atoms with van der Waals surface area (Å²) in [6.07, 6.45) is 9.03. The fourth-order valence-corrected chi connectivity index (χ4v) is 3.16. The number of carbonyl (C=O) groups is 1. The van der Waals surface area contributed by atoms with Crippen LogP contribution in [0.4, 0.5) is 0 Å². The molecule has 168 valence electrons. The van der Waals surface area contributed by atoms with Crippen molar-refractivity contribution in [3.63, 3.8) is 0 Å². The number of hydrogen-bond acceptors (Lipinski definition) is 5. The predicted molar refractivity (Wildman–Crippen MR) is 115 cm³/mol. The molecule has 0 radical (unpaired) electrons. The van der Waals surface area contributed by atoms with Crippen molar-refractivity contribution in [2.45, 2.75) is 79.1 Å². The molecule has 5 nitrogen and oxygen atoms in total. The van der Waals surface area contributed by atoms with Crippen LogP contribution in [0, 0.1) is 11.8 Å². The van der Waals surface area contributed by atoms with E-state index in [1.165, 1.54) is 19.3 Å². The molecule has 0 aromatic rings. The van der Waals surface area contributed by atoms with E-state index in [2.05, 4.69) is 27.7 Å². The van der Waals surface area contributed by atoms with Gasteiger partial charge in [-0.2, -0.15) is 0 Å². The molecule has 0 saturated heterocycles. The predicted octanol–water partition coefficient (Wildman–Crippen LogP) is 5.05. The molecule has 0 N–H and O–H groups in total. The maximum atomic E-state index is 12.0. The topological polar surface area (TPSA) is 54.0 Å². The Morgan fingerprint density at radius 1 is 0.643 bits per heavy atom. The summed E-state index contributed by atoms with van der Waals surface area (Å²) < 4.78 is 22.0. The zero-order valence-electron chi connectivity index (χ0n) is 19.0. The van der Waals surface area contributed by atoms with Crippen LogP contribution >= 0.6 is 0 Å². The lowest BCUT2D eigenvalue weighted by Crippen LogP contribution is -2.21. The Bertz CT molecular complexity index is 331. The second kappa shape index (κ2) is 21.2. The maximum Gasteiger partial charge on any atom is 0.161 e. The summed E-state index contributed by atoms with van der Waals surface area (Å²) >= 11 is 0. The summed E-state index contributed by atoms with van der Waals surface area (Å²) in [6, 6.07) is 0. The normalized spacial score (nSPS) is 12.6. The Kier molecular flexibility index (Phi) is 20.9. The van der Waals surface area contributed by atoms with Gasteiger partial charge in [0.15, 0.2) is 5.78 Å². The van der Waals surface area contributed by atoms with Crippen LogP contribution in [-0.4, -0.2) is 58.6 Å². The van der Waals surface area contributed by atoms with Gasteiger partial charge < -0.3 is 18.9 Å². The Hall–Kier alpha value is -0.490. The molecule has 0 aromatic carbocycles. The molecule has 1 unspecified atom stereocenters. The molecule has 0 aliphatic heterocycles. The van der Waals surface area contributed by atoms with Gasteiger partial charge in [-0.15, -0.1) is 0 Å². The van der Waals surface area contributed by atoms with Gasteiger partial charge in [-0.05, 0) is 31.6 Å². The molecule has 1 atom stereocenters. The summed E-state index contributed by atoms with van der Waals surface area (Å²) in [4.78, 5) is 12.0. The molecule has 0 saturated carbocycles. The number of ether oxygens (including phenoxy) is 4. The van der Waals surface area contributed by atoms with E-state index < -0.39 is 0 Å². The zero-order valence-corrected chi connectivity index (χ0v) is 19.0. The van der Waals surface area contributed by atoms with Gasteiger partial charge in [-0.25, -0.2) is 0 Å². The quantitative estimate of drug-likeness (QED) is 0.237. The molecule has 0 heterocycles. The van der Waals surface area contributed by atoms with Gasteiger partial charge in [0, 0.05) is 12.5 Å². The molecule has 0 amide bonds. The third-order valence-corrected chi connectivity index (χ3v) is 5.27. The van der Waals surface area contributed by atoms with Crippen LogP contribution < -0.4 is 0 Å². The van der Waals surface area contributed by atoms with Crippen molar-refractivity contribution in [3.8, 4) is 0 Å². The maximum absolute atomic E-state index is 12.0. The summed E-state index contributed by atoms with van der Waals surface area (Å²) in [5.74, 6) is 1.21. The van der Waals surface area contributed by atoms with Gasteiger partial charge in [0.05, 0.1) is 39.6 Å². The van der Waals surface area contributed by atoms with Crippen LogP contribution in [0.25, 0.3) is 0 Å². The van der Waals surface area contributed by atoms with Crippen molar-refractivity contribution in [3.05, 3.63) is 0 Å². The number of Topliss-reactive ketones (excluding diaryl/α,β-unsaturated/α-hetero) is 1. The Balaban J connectivity index is 3.32. The largest absolute Gasteiger partial charge is 0.379 e. The molecule has 0 rings (SSSR count). The van der Waals surface area contributed by atoms with Crippen molar-refractivity contribution in [2.75, 3.05) is 52.9 Å². The lowest BCUT2D eigenvalue weighted by molar-refractivity contribution is -0.128. The minimum absolute atomic E-state index is 0.149. The van der Waals surface area contributed by atoms with Crippen LogP contribution in [0.2, 0.25) is 0 Å². The smallest absolute Gasteiger partial charge is 0.161 e. The molecule has 28 heavy (non-hydrogen) atoms. The van der Waals surface area contributed by atoms with Crippen molar-refractivity contribution in [1.82, 2.24) is 0 Å². The third-order valence-electron chi connectivity index (χ3n) is 5.27. The van der Waals surface area contributed by atoms with Crippen LogP contribution in [0.1, 0.15) is 79.1 Å². The van der Waals surface area contributed by atoms with Gasteiger partial charge in [0.25, 0.3) is 0 Å². The van der Waals surface area contributed by atoms with E-state index in [-0.39, 0.29) is 18.3 Å². The molecule has 0 aliphatic rings. The summed E-state index contributed by atoms with van der Waals surface area (Å²) in [5, 5.41) is 0. The van der Waals surface area contributed by atoms with Gasteiger partial charge in [0.2, 0.25) is 0 Å². The second-order valence-corrected chi connectivity index (χ2v) is 7.43. The third kappa shape index (κ3) is 16.5. The van der Waals surface area contributed by atoms with Crippen molar-refractivity contribution in [2.24, 2.45) is 11.8 Å².